The lowest BCUT2D eigenvalue weighted by atomic mass is 10.1. The number of sulfonamides is 1. The number of benzene rings is 3. The highest BCUT2D eigenvalue weighted by atomic mass is 32.2. The van der Waals surface area contributed by atoms with E-state index in [0.29, 0.717) is 18.8 Å². The van der Waals surface area contributed by atoms with Gasteiger partial charge in [0.25, 0.3) is 0 Å². The van der Waals surface area contributed by atoms with Crippen LogP contribution in [0.1, 0.15) is 22.3 Å². The molecule has 0 amide bonds. The monoisotopic (exact) mass is 399 g/mol. The molecule has 0 aliphatic carbocycles. The van der Waals surface area contributed by atoms with Gasteiger partial charge >= 0.3 is 0 Å². The zero-order chi connectivity index (χ0) is 20.0. The van der Waals surface area contributed by atoms with Crippen LogP contribution in [0.15, 0.2) is 77.7 Å². The number of ether oxygens (including phenoxy) is 1. The van der Waals surface area contributed by atoms with E-state index >= 15 is 0 Å². The van der Waals surface area contributed by atoms with E-state index in [-0.39, 0.29) is 11.4 Å². The van der Waals surface area contributed by atoms with Crippen molar-refractivity contribution < 1.29 is 17.5 Å². The summed E-state index contributed by atoms with van der Waals surface area (Å²) in [5.41, 5.74) is 3.39. The third-order valence-electron chi connectivity index (χ3n) is 4.32. The van der Waals surface area contributed by atoms with Gasteiger partial charge in [-0.3, -0.25) is 0 Å². The van der Waals surface area contributed by atoms with Gasteiger partial charge in [0.1, 0.15) is 10.7 Å². The Bertz CT molecular complexity index is 1040. The third-order valence-corrected chi connectivity index (χ3v) is 5.75. The molecule has 1 N–H and O–H groups in total. The summed E-state index contributed by atoms with van der Waals surface area (Å²) in [5.74, 6) is -0.757. The van der Waals surface area contributed by atoms with Crippen molar-refractivity contribution in [2.45, 2.75) is 31.6 Å². The van der Waals surface area contributed by atoms with Crippen LogP contribution in [0.25, 0.3) is 0 Å². The van der Waals surface area contributed by atoms with Crippen LogP contribution in [0.3, 0.4) is 0 Å². The molecule has 3 aromatic carbocycles. The average Bonchev–Trinajstić information content (AvgIpc) is 2.68. The fourth-order valence-electron chi connectivity index (χ4n) is 2.80. The van der Waals surface area contributed by atoms with Gasteiger partial charge < -0.3 is 4.74 Å². The van der Waals surface area contributed by atoms with Gasteiger partial charge in [0.05, 0.1) is 13.2 Å². The van der Waals surface area contributed by atoms with Crippen molar-refractivity contribution in [1.29, 1.82) is 0 Å². The van der Waals surface area contributed by atoms with Crippen molar-refractivity contribution in [3.8, 4) is 0 Å². The fraction of sp³-hybridized carbons (Fsp3) is 0.182. The van der Waals surface area contributed by atoms with Gasteiger partial charge in [-0.1, -0.05) is 60.7 Å². The maximum absolute atomic E-state index is 14.0. The molecular weight excluding hydrogens is 377 g/mol. The lowest BCUT2D eigenvalue weighted by Crippen LogP contribution is -2.24. The minimum absolute atomic E-state index is 0.0561. The number of aryl methyl sites for hydroxylation is 1. The van der Waals surface area contributed by atoms with Gasteiger partial charge in [0, 0.05) is 6.54 Å². The molecule has 4 nitrogen and oxygen atoms in total. The first kappa shape index (κ1) is 20.2. The van der Waals surface area contributed by atoms with Crippen LogP contribution in [0.4, 0.5) is 4.39 Å². The van der Waals surface area contributed by atoms with Gasteiger partial charge in [0.2, 0.25) is 10.0 Å². The maximum Gasteiger partial charge on any atom is 0.243 e. The Morgan fingerprint density at radius 3 is 2.29 bits per heavy atom. The second-order valence-corrected chi connectivity index (χ2v) is 8.24. The largest absolute Gasteiger partial charge is 0.372 e. The molecule has 0 heterocycles. The zero-order valence-electron chi connectivity index (χ0n) is 15.6. The number of rotatable bonds is 8. The number of hydrogen-bond donors (Lipinski definition) is 1. The minimum Gasteiger partial charge on any atom is -0.372 e. The van der Waals surface area contributed by atoms with Gasteiger partial charge in [-0.2, -0.15) is 0 Å². The molecule has 3 aromatic rings. The summed E-state index contributed by atoms with van der Waals surface area (Å²) in [4.78, 5) is -0.351. The van der Waals surface area contributed by atoms with E-state index < -0.39 is 15.8 Å². The van der Waals surface area contributed by atoms with Gasteiger partial charge in [-0.05, 0) is 41.3 Å². The number of halogens is 1. The molecule has 0 radical (unpaired) electrons. The number of hydrogen-bond acceptors (Lipinski definition) is 3. The molecule has 3 rings (SSSR count). The SMILES string of the molecule is Cc1ccc(S(=O)(=O)NCc2ccccc2COCc2ccccc2)c(F)c1. The van der Waals surface area contributed by atoms with Crippen molar-refractivity contribution in [3.63, 3.8) is 0 Å². The normalized spacial score (nSPS) is 11.5. The predicted octanol–water partition coefficient (Wildman–Crippen LogP) is 4.33. The maximum atomic E-state index is 14.0. The van der Waals surface area contributed by atoms with Crippen LogP contribution in [0.5, 0.6) is 0 Å². The molecule has 0 aromatic heterocycles. The molecule has 0 aliphatic rings. The molecule has 146 valence electrons. The lowest BCUT2D eigenvalue weighted by Gasteiger charge is -2.12. The summed E-state index contributed by atoms with van der Waals surface area (Å²) in [6, 6.07) is 21.3. The second-order valence-electron chi connectivity index (χ2n) is 6.51. The van der Waals surface area contributed by atoms with Crippen molar-refractivity contribution in [1.82, 2.24) is 4.72 Å². The van der Waals surface area contributed by atoms with Crippen LogP contribution >= 0.6 is 0 Å². The molecule has 0 spiro atoms. The highest BCUT2D eigenvalue weighted by Gasteiger charge is 2.19. The standard InChI is InChI=1S/C22H22FNO3S/c1-17-11-12-22(21(23)13-17)28(25,26)24-14-19-9-5-6-10-20(19)16-27-15-18-7-3-2-4-8-18/h2-13,24H,14-16H2,1H3. The van der Waals surface area contributed by atoms with Crippen LogP contribution in [0.2, 0.25) is 0 Å². The number of nitrogens with one attached hydrogen (secondary N) is 1. The first-order valence-corrected chi connectivity index (χ1v) is 10.4. The Labute approximate surface area is 165 Å². The molecule has 0 saturated carbocycles. The zero-order valence-corrected chi connectivity index (χ0v) is 16.4. The summed E-state index contributed by atoms with van der Waals surface area (Å²) in [6.07, 6.45) is 0. The Hall–Kier alpha value is -2.54. The van der Waals surface area contributed by atoms with Crippen LogP contribution in [-0.4, -0.2) is 8.42 Å². The van der Waals surface area contributed by atoms with E-state index in [1.54, 1.807) is 13.0 Å². The first-order valence-electron chi connectivity index (χ1n) is 8.90. The quantitative estimate of drug-likeness (QED) is 0.613. The van der Waals surface area contributed by atoms with Crippen LogP contribution < -0.4 is 4.72 Å². The topological polar surface area (TPSA) is 55.4 Å². The van der Waals surface area contributed by atoms with Crippen molar-refractivity contribution in [3.05, 3.63) is 101 Å². The Balaban J connectivity index is 1.66. The average molecular weight is 399 g/mol. The molecule has 0 saturated heterocycles. The molecule has 0 aliphatic heterocycles. The van der Waals surface area contributed by atoms with Gasteiger partial charge in [-0.25, -0.2) is 17.5 Å². The molecule has 0 bridgehead atoms. The predicted molar refractivity (Wildman–Crippen MR) is 107 cm³/mol. The molecule has 0 unspecified atom stereocenters. The van der Waals surface area contributed by atoms with E-state index in [9.17, 15) is 12.8 Å². The Morgan fingerprint density at radius 1 is 0.893 bits per heavy atom. The highest BCUT2D eigenvalue weighted by molar-refractivity contribution is 7.89. The van der Waals surface area contributed by atoms with E-state index in [4.69, 9.17) is 4.74 Å². The van der Waals surface area contributed by atoms with Gasteiger partial charge in [-0.15, -0.1) is 0 Å². The fourth-order valence-corrected chi connectivity index (χ4v) is 3.86. The summed E-state index contributed by atoms with van der Waals surface area (Å²) < 4.78 is 47.2. The minimum atomic E-state index is -3.95. The molecule has 6 heteroatoms. The Kier molecular flexibility index (Phi) is 6.57. The van der Waals surface area contributed by atoms with Crippen molar-refractivity contribution >= 4 is 10.0 Å². The van der Waals surface area contributed by atoms with E-state index in [2.05, 4.69) is 4.72 Å². The lowest BCUT2D eigenvalue weighted by molar-refractivity contribution is 0.106. The van der Waals surface area contributed by atoms with Crippen LogP contribution in [0, 0.1) is 12.7 Å². The first-order chi connectivity index (χ1) is 13.5. The molecule has 0 fully saturated rings. The van der Waals surface area contributed by atoms with Crippen LogP contribution in [-0.2, 0) is 34.5 Å². The smallest absolute Gasteiger partial charge is 0.243 e. The Morgan fingerprint density at radius 2 is 1.57 bits per heavy atom. The van der Waals surface area contributed by atoms with Crippen molar-refractivity contribution in [2.75, 3.05) is 0 Å². The third kappa shape index (κ3) is 5.25. The van der Waals surface area contributed by atoms with Gasteiger partial charge in [0.15, 0.2) is 0 Å². The molecule has 0 atom stereocenters. The van der Waals surface area contributed by atoms with E-state index in [0.717, 1.165) is 16.7 Å². The molecular formula is C22H22FNO3S. The van der Waals surface area contributed by atoms with Crippen molar-refractivity contribution in [2.24, 2.45) is 0 Å². The summed E-state index contributed by atoms with van der Waals surface area (Å²) in [6.45, 7) is 2.58. The summed E-state index contributed by atoms with van der Waals surface area (Å²) >= 11 is 0. The summed E-state index contributed by atoms with van der Waals surface area (Å²) in [5, 5.41) is 0. The van der Waals surface area contributed by atoms with E-state index in [1.165, 1.54) is 12.1 Å². The summed E-state index contributed by atoms with van der Waals surface area (Å²) in [7, 11) is -3.95. The molecule has 28 heavy (non-hydrogen) atoms. The highest BCUT2D eigenvalue weighted by Crippen LogP contribution is 2.17. The second kappa shape index (κ2) is 9.10. The van der Waals surface area contributed by atoms with E-state index in [1.807, 2.05) is 54.6 Å².